The van der Waals surface area contributed by atoms with Crippen molar-refractivity contribution in [3.8, 4) is 0 Å². The molecule has 2 nitrogen and oxygen atoms in total. The fourth-order valence-electron chi connectivity index (χ4n) is 2.67. The molecule has 138 valence electrons. The minimum absolute atomic E-state index is 0.184. The van der Waals surface area contributed by atoms with Crippen LogP contribution in [0.4, 0.5) is 22.0 Å². The molecule has 0 saturated carbocycles. The average Bonchev–Trinajstić information content (AvgIpc) is 2.61. The van der Waals surface area contributed by atoms with Crippen molar-refractivity contribution < 1.29 is 30.8 Å². The number of halogens is 5. The standard InChI is InChI=1S/C16H23F5O2Si/c1-4-24(22-2,23-3)10-8-6-5-7-9-11-12(17)14(19)16(21)15(20)13(11)18/h4-10H2,1-3H3. The van der Waals surface area contributed by atoms with Gasteiger partial charge in [0.15, 0.2) is 23.3 Å². The first-order chi connectivity index (χ1) is 11.3. The van der Waals surface area contributed by atoms with Gasteiger partial charge in [-0.1, -0.05) is 26.2 Å². The molecule has 0 heterocycles. The van der Waals surface area contributed by atoms with Gasteiger partial charge in [-0.25, -0.2) is 22.0 Å². The Morgan fingerprint density at radius 1 is 0.708 bits per heavy atom. The molecule has 1 rings (SSSR count). The third-order valence-corrected chi connectivity index (χ3v) is 8.00. The van der Waals surface area contributed by atoms with E-state index in [2.05, 4.69) is 0 Å². The molecule has 0 spiro atoms. The van der Waals surface area contributed by atoms with E-state index in [9.17, 15) is 22.0 Å². The smallest absolute Gasteiger partial charge is 0.337 e. The molecule has 0 aromatic heterocycles. The van der Waals surface area contributed by atoms with Crippen molar-refractivity contribution >= 4 is 8.56 Å². The number of rotatable bonds is 10. The second-order valence-corrected chi connectivity index (χ2v) is 9.48. The zero-order valence-corrected chi connectivity index (χ0v) is 15.2. The van der Waals surface area contributed by atoms with Crippen LogP contribution in [0.15, 0.2) is 0 Å². The van der Waals surface area contributed by atoms with E-state index >= 15 is 0 Å². The van der Waals surface area contributed by atoms with Crippen LogP contribution in [0, 0.1) is 29.1 Å². The highest BCUT2D eigenvalue weighted by Gasteiger charge is 2.32. The Bertz CT molecular complexity index is 512. The molecule has 0 aliphatic rings. The van der Waals surface area contributed by atoms with Gasteiger partial charge in [-0.3, -0.25) is 0 Å². The van der Waals surface area contributed by atoms with Crippen molar-refractivity contribution in [1.82, 2.24) is 0 Å². The summed E-state index contributed by atoms with van der Waals surface area (Å²) < 4.78 is 77.2. The molecule has 1 aromatic rings. The zero-order valence-electron chi connectivity index (χ0n) is 14.2. The normalized spacial score (nSPS) is 12.0. The fraction of sp³-hybridized carbons (Fsp3) is 0.625. The highest BCUT2D eigenvalue weighted by atomic mass is 28.4. The van der Waals surface area contributed by atoms with Gasteiger partial charge in [-0.15, -0.1) is 0 Å². The van der Waals surface area contributed by atoms with Gasteiger partial charge < -0.3 is 8.85 Å². The van der Waals surface area contributed by atoms with E-state index in [-0.39, 0.29) is 6.42 Å². The average molecular weight is 370 g/mol. The summed E-state index contributed by atoms with van der Waals surface area (Å²) in [6.07, 6.45) is 2.40. The van der Waals surface area contributed by atoms with Gasteiger partial charge in [0, 0.05) is 19.8 Å². The maximum Gasteiger partial charge on any atom is 0.337 e. The van der Waals surface area contributed by atoms with Crippen molar-refractivity contribution in [1.29, 1.82) is 0 Å². The lowest BCUT2D eigenvalue weighted by Gasteiger charge is -2.25. The summed E-state index contributed by atoms with van der Waals surface area (Å²) in [6.45, 7) is 2.00. The van der Waals surface area contributed by atoms with Gasteiger partial charge >= 0.3 is 8.56 Å². The molecule has 0 N–H and O–H groups in total. The molecule has 0 atom stereocenters. The molecule has 0 amide bonds. The summed E-state index contributed by atoms with van der Waals surface area (Å²) in [5, 5.41) is 0. The Morgan fingerprint density at radius 3 is 1.62 bits per heavy atom. The Balaban J connectivity index is 2.50. The van der Waals surface area contributed by atoms with E-state index in [0.29, 0.717) is 12.8 Å². The van der Waals surface area contributed by atoms with Crippen LogP contribution in [0.1, 0.15) is 38.2 Å². The Hall–Kier alpha value is -0.993. The summed E-state index contributed by atoms with van der Waals surface area (Å²) in [4.78, 5) is 0. The molecule has 0 aliphatic carbocycles. The molecular weight excluding hydrogens is 347 g/mol. The summed E-state index contributed by atoms with van der Waals surface area (Å²) in [6, 6.07) is 1.63. The Labute approximate surface area is 140 Å². The molecule has 0 unspecified atom stereocenters. The van der Waals surface area contributed by atoms with Crippen LogP contribution in [-0.2, 0) is 15.3 Å². The van der Waals surface area contributed by atoms with Crippen LogP contribution >= 0.6 is 0 Å². The maximum atomic E-state index is 13.5. The zero-order chi connectivity index (χ0) is 18.3. The van der Waals surface area contributed by atoms with E-state index in [1.807, 2.05) is 6.92 Å². The van der Waals surface area contributed by atoms with Crippen molar-refractivity contribution in [3.05, 3.63) is 34.6 Å². The van der Waals surface area contributed by atoms with E-state index < -0.39 is 43.2 Å². The number of unbranched alkanes of at least 4 members (excludes halogenated alkanes) is 3. The molecule has 0 aliphatic heterocycles. The summed E-state index contributed by atoms with van der Waals surface area (Å²) >= 11 is 0. The van der Waals surface area contributed by atoms with Crippen LogP contribution in [0.3, 0.4) is 0 Å². The first-order valence-corrected chi connectivity index (χ1v) is 10.2. The number of hydrogen-bond donors (Lipinski definition) is 0. The van der Waals surface area contributed by atoms with E-state index in [1.54, 1.807) is 14.2 Å². The lowest BCUT2D eigenvalue weighted by Crippen LogP contribution is -2.38. The lowest BCUT2D eigenvalue weighted by atomic mass is 10.0. The van der Waals surface area contributed by atoms with Crippen LogP contribution in [-0.4, -0.2) is 22.8 Å². The first-order valence-electron chi connectivity index (χ1n) is 7.94. The first kappa shape index (κ1) is 21.1. The number of hydrogen-bond acceptors (Lipinski definition) is 2. The Kier molecular flexibility index (Phi) is 8.31. The highest BCUT2D eigenvalue weighted by Crippen LogP contribution is 2.25. The minimum Gasteiger partial charge on any atom is -0.398 e. The topological polar surface area (TPSA) is 18.5 Å². The molecule has 24 heavy (non-hydrogen) atoms. The molecule has 8 heteroatoms. The lowest BCUT2D eigenvalue weighted by molar-refractivity contribution is 0.241. The van der Waals surface area contributed by atoms with Gasteiger partial charge in [-0.05, 0) is 24.9 Å². The van der Waals surface area contributed by atoms with E-state index in [0.717, 1.165) is 24.9 Å². The van der Waals surface area contributed by atoms with Crippen molar-refractivity contribution in [2.75, 3.05) is 14.2 Å². The molecule has 0 radical (unpaired) electrons. The van der Waals surface area contributed by atoms with Crippen molar-refractivity contribution in [2.45, 2.75) is 51.1 Å². The van der Waals surface area contributed by atoms with Gasteiger partial charge in [0.2, 0.25) is 5.82 Å². The third-order valence-electron chi connectivity index (χ3n) is 4.32. The van der Waals surface area contributed by atoms with Crippen LogP contribution in [0.5, 0.6) is 0 Å². The van der Waals surface area contributed by atoms with Gasteiger partial charge in [0.1, 0.15) is 0 Å². The number of benzene rings is 1. The van der Waals surface area contributed by atoms with Crippen LogP contribution in [0.2, 0.25) is 12.1 Å². The third kappa shape index (κ3) is 4.77. The summed E-state index contributed by atoms with van der Waals surface area (Å²) in [5.41, 5.74) is -0.738. The molecule has 0 bridgehead atoms. The molecule has 1 aromatic carbocycles. The molecular formula is C16H23F5O2Si. The van der Waals surface area contributed by atoms with E-state index in [4.69, 9.17) is 8.85 Å². The molecule has 0 fully saturated rings. The second-order valence-electron chi connectivity index (χ2n) is 5.64. The van der Waals surface area contributed by atoms with Gasteiger partial charge in [0.25, 0.3) is 0 Å². The monoisotopic (exact) mass is 370 g/mol. The van der Waals surface area contributed by atoms with Crippen LogP contribution in [0.25, 0.3) is 0 Å². The predicted molar refractivity (Wildman–Crippen MR) is 83.5 cm³/mol. The highest BCUT2D eigenvalue weighted by molar-refractivity contribution is 6.67. The van der Waals surface area contributed by atoms with Crippen LogP contribution < -0.4 is 0 Å². The minimum atomic E-state index is -2.14. The fourth-order valence-corrected chi connectivity index (χ4v) is 4.97. The van der Waals surface area contributed by atoms with Crippen molar-refractivity contribution in [3.63, 3.8) is 0 Å². The van der Waals surface area contributed by atoms with E-state index in [1.165, 1.54) is 0 Å². The van der Waals surface area contributed by atoms with Gasteiger partial charge in [0.05, 0.1) is 0 Å². The largest absolute Gasteiger partial charge is 0.398 e. The predicted octanol–water partition coefficient (Wildman–Crippen LogP) is 5.24. The Morgan fingerprint density at radius 2 is 1.17 bits per heavy atom. The quantitative estimate of drug-likeness (QED) is 0.184. The SMILES string of the molecule is CC[Si](CCCCCCc1c(F)c(F)c(F)c(F)c1F)(OC)OC. The summed E-state index contributed by atoms with van der Waals surface area (Å²) in [7, 11) is 1.11. The van der Waals surface area contributed by atoms with Crippen molar-refractivity contribution in [2.24, 2.45) is 0 Å². The maximum absolute atomic E-state index is 13.5. The second kappa shape index (κ2) is 9.48. The molecule has 0 saturated heterocycles. The summed E-state index contributed by atoms with van der Waals surface area (Å²) in [5.74, 6) is -9.36. The van der Waals surface area contributed by atoms with Gasteiger partial charge in [-0.2, -0.15) is 0 Å².